The summed E-state index contributed by atoms with van der Waals surface area (Å²) >= 11 is 2.27. The molecule has 0 N–H and O–H groups in total. The molecule has 1 nitrogen and oxygen atoms in total. The van der Waals surface area contributed by atoms with Crippen molar-refractivity contribution in [2.75, 3.05) is 7.11 Å². The lowest BCUT2D eigenvalue weighted by molar-refractivity contribution is -0.254. The van der Waals surface area contributed by atoms with Crippen molar-refractivity contribution in [1.82, 2.24) is 0 Å². The van der Waals surface area contributed by atoms with E-state index in [0.29, 0.717) is 36.4 Å². The second-order valence-electron chi connectivity index (χ2n) is 9.17. The van der Waals surface area contributed by atoms with Crippen LogP contribution in [0.4, 0.5) is 26.3 Å². The van der Waals surface area contributed by atoms with Gasteiger partial charge in [0, 0.05) is 30.7 Å². The van der Waals surface area contributed by atoms with Crippen molar-refractivity contribution in [1.29, 1.82) is 0 Å². The zero-order valence-corrected chi connectivity index (χ0v) is 22.9. The Morgan fingerprint density at radius 2 is 1.08 bits per heavy atom. The third kappa shape index (κ3) is 4.21. The minimum atomic E-state index is -5.60. The van der Waals surface area contributed by atoms with Gasteiger partial charge in [-0.1, -0.05) is 44.2 Å². The molecule has 1 aliphatic rings. The number of methoxy groups -OCH3 is 1. The lowest BCUT2D eigenvalue weighted by Gasteiger charge is -2.25. The number of hydrogen-bond donors (Lipinski definition) is 0. The Morgan fingerprint density at radius 1 is 0.641 bits per heavy atom. The molecule has 0 saturated heterocycles. The maximum Gasteiger partial charge on any atom is 0.380 e. The first-order chi connectivity index (χ1) is 18.5. The zero-order valence-electron chi connectivity index (χ0n) is 21.3. The third-order valence-electron chi connectivity index (χ3n) is 6.90. The number of ether oxygens (including phenoxy) is 1. The molecule has 39 heavy (non-hydrogen) atoms. The fraction of sp³-hybridized carbons (Fsp3) is 0.267. The van der Waals surface area contributed by atoms with Crippen molar-refractivity contribution in [2.24, 2.45) is 0 Å². The molecule has 5 rings (SSSR count). The SMILES string of the molecule is CCc1sc(-c2ccccc2)cc1C1=C(c2cc(-c3ccc(OC)cc3)sc2CC)C(F)(F)C(F)(F)C1(F)F. The molecule has 0 amide bonds. The lowest BCUT2D eigenvalue weighted by atomic mass is 9.93. The quantitative estimate of drug-likeness (QED) is 0.198. The number of rotatable bonds is 7. The van der Waals surface area contributed by atoms with E-state index >= 15 is 26.3 Å². The second-order valence-corrected chi connectivity index (χ2v) is 11.4. The molecule has 0 bridgehead atoms. The van der Waals surface area contributed by atoms with E-state index in [9.17, 15) is 0 Å². The maximum atomic E-state index is 15.6. The van der Waals surface area contributed by atoms with E-state index in [1.807, 2.05) is 0 Å². The lowest BCUT2D eigenvalue weighted by Crippen LogP contribution is -2.48. The molecule has 2 aromatic heterocycles. The molecule has 0 radical (unpaired) electrons. The molecule has 2 aromatic carbocycles. The van der Waals surface area contributed by atoms with Crippen molar-refractivity contribution in [3.05, 3.63) is 87.6 Å². The Hall–Kier alpha value is -3.04. The number of allylic oxidation sites excluding steroid dienone is 2. The van der Waals surface area contributed by atoms with E-state index in [-0.39, 0.29) is 24.0 Å². The zero-order chi connectivity index (χ0) is 28.2. The molecule has 204 valence electrons. The van der Waals surface area contributed by atoms with Gasteiger partial charge in [0.2, 0.25) is 0 Å². The first-order valence-corrected chi connectivity index (χ1v) is 14.0. The van der Waals surface area contributed by atoms with Crippen LogP contribution in [0.1, 0.15) is 34.7 Å². The number of hydrogen-bond acceptors (Lipinski definition) is 3. The standard InChI is InChI=1S/C30H24F6OS2/c1-4-22-20(15-24(38-22)17-9-7-6-8-10-17)26-27(29(33,34)30(35,36)28(26,31)32)21-16-25(39-23(21)5-2)18-11-13-19(37-3)14-12-18/h6-16H,4-5H2,1-3H3. The summed E-state index contributed by atoms with van der Waals surface area (Å²) in [5.74, 6) is -15.2. The number of aryl methyl sites for hydroxylation is 2. The monoisotopic (exact) mass is 578 g/mol. The highest BCUT2D eigenvalue weighted by atomic mass is 32.1. The highest BCUT2D eigenvalue weighted by Gasteiger charge is 2.80. The summed E-state index contributed by atoms with van der Waals surface area (Å²) < 4.78 is 97.6. The summed E-state index contributed by atoms with van der Waals surface area (Å²) in [4.78, 5) is 1.73. The Kier molecular flexibility index (Phi) is 6.96. The van der Waals surface area contributed by atoms with Crippen LogP contribution in [0.5, 0.6) is 5.75 Å². The van der Waals surface area contributed by atoms with Gasteiger partial charge in [-0.05, 0) is 71.5 Å². The van der Waals surface area contributed by atoms with Gasteiger partial charge >= 0.3 is 17.8 Å². The molecule has 4 aromatic rings. The van der Waals surface area contributed by atoms with Gasteiger partial charge in [-0.2, -0.15) is 26.3 Å². The predicted octanol–water partition coefficient (Wildman–Crippen LogP) is 10.1. The molecule has 9 heteroatoms. The Morgan fingerprint density at radius 3 is 1.49 bits per heavy atom. The van der Waals surface area contributed by atoms with Gasteiger partial charge in [-0.3, -0.25) is 0 Å². The largest absolute Gasteiger partial charge is 0.497 e. The van der Waals surface area contributed by atoms with Crippen molar-refractivity contribution in [3.8, 4) is 26.6 Å². The summed E-state index contributed by atoms with van der Waals surface area (Å²) in [6.07, 6.45) is 0.428. The summed E-state index contributed by atoms with van der Waals surface area (Å²) in [5, 5.41) is 0. The molecular formula is C30H24F6OS2. The summed E-state index contributed by atoms with van der Waals surface area (Å²) in [5.41, 5.74) is -1.77. The highest BCUT2D eigenvalue weighted by molar-refractivity contribution is 7.16. The number of thiophene rings is 2. The Bertz CT molecular complexity index is 1530. The molecule has 0 aliphatic heterocycles. The maximum absolute atomic E-state index is 15.6. The normalized spacial score (nSPS) is 17.6. The van der Waals surface area contributed by atoms with Crippen LogP contribution in [0, 0.1) is 0 Å². The van der Waals surface area contributed by atoms with E-state index in [0.717, 1.165) is 22.7 Å². The first kappa shape index (κ1) is 27.5. The van der Waals surface area contributed by atoms with Gasteiger partial charge in [0.15, 0.2) is 0 Å². The topological polar surface area (TPSA) is 9.23 Å². The average molecular weight is 579 g/mol. The van der Waals surface area contributed by atoms with Crippen LogP contribution in [0.3, 0.4) is 0 Å². The summed E-state index contributed by atoms with van der Waals surface area (Å²) in [6.45, 7) is 3.38. The van der Waals surface area contributed by atoms with E-state index < -0.39 is 28.9 Å². The van der Waals surface area contributed by atoms with Gasteiger partial charge in [0.25, 0.3) is 0 Å². The average Bonchev–Trinajstić information content (AvgIpc) is 3.58. The first-order valence-electron chi connectivity index (χ1n) is 12.3. The van der Waals surface area contributed by atoms with Crippen LogP contribution in [0.2, 0.25) is 0 Å². The number of benzene rings is 2. The molecule has 0 fully saturated rings. The third-order valence-corrected chi connectivity index (χ3v) is 9.56. The molecule has 2 heterocycles. The smallest absolute Gasteiger partial charge is 0.380 e. The molecular weight excluding hydrogens is 554 g/mol. The van der Waals surface area contributed by atoms with Crippen LogP contribution in [-0.4, -0.2) is 24.9 Å². The van der Waals surface area contributed by atoms with Crippen molar-refractivity contribution < 1.29 is 31.1 Å². The Balaban J connectivity index is 1.79. The molecule has 0 unspecified atom stereocenters. The second kappa shape index (κ2) is 9.86. The van der Waals surface area contributed by atoms with Crippen LogP contribution in [0.15, 0.2) is 66.7 Å². The minimum Gasteiger partial charge on any atom is -0.497 e. The van der Waals surface area contributed by atoms with E-state index in [4.69, 9.17) is 4.74 Å². The predicted molar refractivity (Wildman–Crippen MR) is 146 cm³/mol. The van der Waals surface area contributed by atoms with E-state index in [2.05, 4.69) is 0 Å². The molecule has 1 aliphatic carbocycles. The van der Waals surface area contributed by atoms with Crippen LogP contribution in [-0.2, 0) is 12.8 Å². The number of alkyl halides is 6. The minimum absolute atomic E-state index is 0.208. The van der Waals surface area contributed by atoms with Gasteiger partial charge in [0.05, 0.1) is 7.11 Å². The van der Waals surface area contributed by atoms with Gasteiger partial charge in [-0.25, -0.2) is 0 Å². The van der Waals surface area contributed by atoms with Crippen LogP contribution >= 0.6 is 22.7 Å². The van der Waals surface area contributed by atoms with Gasteiger partial charge < -0.3 is 4.74 Å². The van der Waals surface area contributed by atoms with Gasteiger partial charge in [0.1, 0.15) is 5.75 Å². The van der Waals surface area contributed by atoms with Crippen molar-refractivity contribution >= 4 is 33.8 Å². The number of halogens is 6. The van der Waals surface area contributed by atoms with Crippen molar-refractivity contribution in [3.63, 3.8) is 0 Å². The van der Waals surface area contributed by atoms with Crippen LogP contribution < -0.4 is 4.74 Å². The molecule has 0 atom stereocenters. The van der Waals surface area contributed by atoms with Gasteiger partial charge in [-0.15, -0.1) is 22.7 Å². The molecule has 0 spiro atoms. The summed E-state index contributed by atoms with van der Waals surface area (Å²) in [6, 6.07) is 18.3. The molecule has 0 saturated carbocycles. The fourth-order valence-electron chi connectivity index (χ4n) is 4.88. The highest BCUT2D eigenvalue weighted by Crippen LogP contribution is 2.66. The van der Waals surface area contributed by atoms with Crippen molar-refractivity contribution in [2.45, 2.75) is 44.5 Å². The Labute approximate surface area is 230 Å². The van der Waals surface area contributed by atoms with Crippen LogP contribution in [0.25, 0.3) is 32.0 Å². The summed E-state index contributed by atoms with van der Waals surface area (Å²) in [7, 11) is 1.50. The van der Waals surface area contributed by atoms with E-state index in [1.165, 1.54) is 19.2 Å². The van der Waals surface area contributed by atoms with E-state index in [1.54, 1.807) is 68.4 Å². The fourth-order valence-corrected chi connectivity index (χ4v) is 7.10.